The van der Waals surface area contributed by atoms with E-state index in [1.165, 1.54) is 61.4 Å². The van der Waals surface area contributed by atoms with Crippen LogP contribution in [0.5, 0.6) is 0 Å². The summed E-state index contributed by atoms with van der Waals surface area (Å²) in [4.78, 5) is 17.2. The summed E-state index contributed by atoms with van der Waals surface area (Å²) in [6.07, 6.45) is 25.4. The van der Waals surface area contributed by atoms with E-state index in [1.807, 2.05) is 234 Å². The van der Waals surface area contributed by atoms with Crippen molar-refractivity contribution in [3.8, 4) is 0 Å². The van der Waals surface area contributed by atoms with Gasteiger partial charge in [0.05, 0.1) is 41.3 Å². The number of ether oxygens (including phenoxy) is 1. The third kappa shape index (κ3) is 60.2. The summed E-state index contributed by atoms with van der Waals surface area (Å²) in [5.74, 6) is 0. The number of nitrogens with one attached hydrogen (secondary N) is 2. The first kappa shape index (κ1) is 84.4. The molecule has 0 radical (unpaired) electrons. The maximum absolute atomic E-state index is 10.6. The molecule has 8 heterocycles. The first-order valence-electron chi connectivity index (χ1n) is 27.5. The Labute approximate surface area is 473 Å². The lowest BCUT2D eigenvalue weighted by molar-refractivity contribution is 0.105. The van der Waals surface area contributed by atoms with Crippen LogP contribution in [0.3, 0.4) is 0 Å². The van der Waals surface area contributed by atoms with Gasteiger partial charge in [-0.05, 0) is 104 Å². The number of aromatic nitrogens is 5. The van der Waals surface area contributed by atoms with Crippen LogP contribution < -0.4 is 10.9 Å². The van der Waals surface area contributed by atoms with Crippen molar-refractivity contribution < 1.29 is 22.0 Å². The van der Waals surface area contributed by atoms with E-state index in [0.717, 1.165) is 5.69 Å². The number of thiazole rings is 1. The Bertz CT molecular complexity index is 2020. The molecule has 12 nitrogen and oxygen atoms in total. The number of hydrogen-bond acceptors (Lipinski definition) is 10. The molecule has 6 aromatic heterocycles. The Kier molecular flexibility index (Phi) is 83.2. The fourth-order valence-corrected chi connectivity index (χ4v) is 5.69. The van der Waals surface area contributed by atoms with Gasteiger partial charge in [0, 0.05) is 53.8 Å². The van der Waals surface area contributed by atoms with Gasteiger partial charge < -0.3 is 29.3 Å². The highest BCUT2D eigenvalue weighted by atomic mass is 32.2. The van der Waals surface area contributed by atoms with Gasteiger partial charge in [-0.2, -0.15) is 0 Å². The minimum atomic E-state index is -3.50. The summed E-state index contributed by atoms with van der Waals surface area (Å²) in [5, 5.41) is 8.04. The molecule has 2 aliphatic rings. The minimum absolute atomic E-state index is 0.148. The number of fused-ring (bicyclic) bond motifs is 3. The number of sulfonamides is 1. The van der Waals surface area contributed by atoms with Crippen molar-refractivity contribution in [1.82, 2.24) is 24.9 Å². The summed E-state index contributed by atoms with van der Waals surface area (Å²) in [6.45, 7) is 36.0. The number of oxazole rings is 1. The van der Waals surface area contributed by atoms with Gasteiger partial charge in [-0.3, -0.25) is 9.97 Å². The van der Waals surface area contributed by atoms with E-state index in [2.05, 4.69) is 52.0 Å². The smallest absolute Gasteiger partial charge is 0.238 e. The van der Waals surface area contributed by atoms with Crippen LogP contribution in [-0.4, -0.2) is 45.5 Å². The monoisotopic (exact) mass is 1100 g/mol. The van der Waals surface area contributed by atoms with Crippen LogP contribution in [0.4, 0.5) is 5.69 Å². The molecule has 0 atom stereocenters. The number of rotatable bonds is 1. The molecular weight excluding hydrogens is 999 g/mol. The van der Waals surface area contributed by atoms with Crippen LogP contribution in [-0.2, 0) is 14.8 Å². The van der Waals surface area contributed by atoms with Crippen LogP contribution in [0.25, 0.3) is 10.9 Å². The second-order valence-electron chi connectivity index (χ2n) is 11.9. The Morgan fingerprint density at radius 2 is 0.948 bits per heavy atom. The van der Waals surface area contributed by atoms with Crippen molar-refractivity contribution in [2.75, 3.05) is 5.73 Å². The highest BCUT2D eigenvalue weighted by Crippen LogP contribution is 2.33. The predicted molar refractivity (Wildman–Crippen MR) is 339 cm³/mol. The van der Waals surface area contributed by atoms with Gasteiger partial charge in [0.25, 0.3) is 0 Å². The van der Waals surface area contributed by atoms with Crippen molar-refractivity contribution in [3.05, 3.63) is 213 Å². The molecule has 77 heavy (non-hydrogen) atoms. The number of nitrogens with two attached hydrogens (primary N) is 2. The van der Waals surface area contributed by atoms with E-state index >= 15 is 0 Å². The number of H-pyrrole nitrogens is 2. The van der Waals surface area contributed by atoms with Gasteiger partial charge in [0.2, 0.25) is 10.0 Å². The SMILES string of the molecule is C1CC2CCC1O2.CC.CC.CC.CC.CC.CC.CC.CC.CC.NS(=O)(=O)c1ccccc1.Nc1ccccc1.c1cc[nH]c1.c1ccc2[nH]ccc2c1.c1ccncc1.c1ccoc1.c1cocn1.c1cscn1. The van der Waals surface area contributed by atoms with Gasteiger partial charge in [-0.1, -0.05) is 185 Å². The summed E-state index contributed by atoms with van der Waals surface area (Å²) < 4.78 is 35.7. The molecule has 0 unspecified atom stereocenters. The average molecular weight is 1100 g/mol. The molecule has 2 fully saturated rings. The van der Waals surface area contributed by atoms with Gasteiger partial charge in [0.15, 0.2) is 6.39 Å². The zero-order valence-corrected chi connectivity index (χ0v) is 52.2. The lowest BCUT2D eigenvalue weighted by Crippen LogP contribution is -2.11. The maximum Gasteiger partial charge on any atom is 0.238 e. The Morgan fingerprint density at radius 3 is 1.18 bits per heavy atom. The number of hydrogen-bond donors (Lipinski definition) is 4. The lowest BCUT2D eigenvalue weighted by atomic mass is 10.0. The van der Waals surface area contributed by atoms with Crippen LogP contribution >= 0.6 is 11.3 Å². The molecule has 434 valence electrons. The number of nitrogens with zero attached hydrogens (tertiary/aromatic N) is 3. The highest BCUT2D eigenvalue weighted by molar-refractivity contribution is 7.89. The number of furan rings is 1. The molecule has 0 aliphatic carbocycles. The Morgan fingerprint density at radius 1 is 0.481 bits per heavy atom. The van der Waals surface area contributed by atoms with Crippen LogP contribution in [0.15, 0.2) is 227 Å². The van der Waals surface area contributed by atoms with Gasteiger partial charge in [0.1, 0.15) is 6.26 Å². The lowest BCUT2D eigenvalue weighted by Gasteiger charge is -2.00. The first-order valence-corrected chi connectivity index (χ1v) is 30.0. The second-order valence-corrected chi connectivity index (χ2v) is 14.2. The molecular formula is C63H105N7O5S2. The Hall–Kier alpha value is -6.58. The van der Waals surface area contributed by atoms with Crippen molar-refractivity contribution in [2.24, 2.45) is 5.14 Å². The summed E-state index contributed by atoms with van der Waals surface area (Å²) in [5.41, 5.74) is 9.18. The number of para-hydroxylation sites is 2. The second kappa shape index (κ2) is 75.9. The number of benzene rings is 3. The molecule has 0 saturated carbocycles. The van der Waals surface area contributed by atoms with Crippen molar-refractivity contribution >= 4 is 38.0 Å². The fourth-order valence-electron chi connectivity index (χ4n) is 4.80. The fraction of sp³-hybridized carbons (Fsp3) is 0.381. The summed E-state index contributed by atoms with van der Waals surface area (Å²) in [7, 11) is -3.50. The van der Waals surface area contributed by atoms with Gasteiger partial charge >= 0.3 is 0 Å². The zero-order chi connectivity index (χ0) is 59.9. The number of nitrogen functional groups attached to an aromatic ring is 1. The highest BCUT2D eigenvalue weighted by Gasteiger charge is 2.31. The third-order valence-electron chi connectivity index (χ3n) is 7.52. The molecule has 11 rings (SSSR count). The summed E-state index contributed by atoms with van der Waals surface area (Å²) in [6, 6.07) is 40.9. The van der Waals surface area contributed by atoms with E-state index in [1.54, 1.807) is 72.4 Å². The standard InChI is InChI=1S/C8H7N.C6H7NO2S.C6H7N.C6H10O.C5H5N.C4H5N.C4H4O.C3H3NO.C3H3NS.9C2H6/c1-2-4-8-7(3-1)5-6-9-8;7-10(8,9)6-4-2-1-3-5-6;7-6-4-2-1-3-5-6;1-2-6-4-3-5(1)7-6;1-2-4-6-5-3-1;2*1-2-4-5-3-1;2*1-2-5-3-4-1;9*1-2/h1-6,9H;1-5H,(H2,7,8,9);1-5H,7H2;5-6H,1-4H2;1-5H;1-5H;1-4H;2*1-3H;9*1-2H3. The van der Waals surface area contributed by atoms with E-state index in [0.29, 0.717) is 12.2 Å². The maximum atomic E-state index is 10.6. The molecule has 2 saturated heterocycles. The number of primary sulfonamides is 1. The number of pyridine rings is 1. The molecule has 0 amide bonds. The average Bonchev–Trinajstić information content (AvgIpc) is 4.39. The quantitative estimate of drug-likeness (QED) is 0.116. The number of aromatic amines is 2. The molecule has 9 aromatic rings. The van der Waals surface area contributed by atoms with Gasteiger partial charge in [-0.25, -0.2) is 18.5 Å². The van der Waals surface area contributed by atoms with E-state index in [4.69, 9.17) is 15.6 Å². The van der Waals surface area contributed by atoms with Crippen molar-refractivity contribution in [1.29, 1.82) is 0 Å². The molecule has 0 spiro atoms. The predicted octanol–water partition coefficient (Wildman–Crippen LogP) is 19.5. The van der Waals surface area contributed by atoms with Crippen LogP contribution in [0.1, 0.15) is 150 Å². The molecule has 2 bridgehead atoms. The van der Waals surface area contributed by atoms with Crippen LogP contribution in [0.2, 0.25) is 0 Å². The van der Waals surface area contributed by atoms with E-state index < -0.39 is 10.0 Å². The first-order chi connectivity index (χ1) is 37.9. The normalized spacial score (nSPS) is 11.2. The minimum Gasteiger partial charge on any atom is -0.473 e. The molecule has 3 aromatic carbocycles. The molecule has 6 N–H and O–H groups in total. The molecule has 2 aliphatic heterocycles. The number of anilines is 1. The largest absolute Gasteiger partial charge is 0.473 e. The van der Waals surface area contributed by atoms with Crippen LogP contribution in [0, 0.1) is 0 Å². The Balaban J connectivity index is -0.000000139. The zero-order valence-electron chi connectivity index (χ0n) is 50.5. The molecule has 14 heteroatoms. The van der Waals surface area contributed by atoms with E-state index in [9.17, 15) is 8.42 Å². The third-order valence-corrected chi connectivity index (χ3v) is 8.97. The topological polar surface area (TPSA) is 192 Å². The summed E-state index contributed by atoms with van der Waals surface area (Å²) >= 11 is 1.60. The van der Waals surface area contributed by atoms with Crippen molar-refractivity contribution in [3.63, 3.8) is 0 Å². The van der Waals surface area contributed by atoms with Gasteiger partial charge in [-0.15, -0.1) is 11.3 Å². The van der Waals surface area contributed by atoms with E-state index in [-0.39, 0.29) is 4.90 Å². The van der Waals surface area contributed by atoms with Crippen molar-refractivity contribution in [2.45, 2.75) is 167 Å².